The normalized spacial score (nSPS) is 11.3. The Bertz CT molecular complexity index is 351. The Balaban J connectivity index is 3.48. The molecule has 0 unspecified atom stereocenters. The quantitative estimate of drug-likeness (QED) is 0.815. The van der Waals surface area contributed by atoms with Crippen LogP contribution in [0.2, 0.25) is 0 Å². The molecule has 3 heteroatoms. The van der Waals surface area contributed by atoms with Crippen LogP contribution in [0.25, 0.3) is 0 Å². The third-order valence-electron chi connectivity index (χ3n) is 2.27. The van der Waals surface area contributed by atoms with Crippen molar-refractivity contribution in [1.29, 1.82) is 0 Å². The fourth-order valence-electron chi connectivity index (χ4n) is 1.64. The standard InChI is InChI=1S/C12H18O3/c1-12(2,3)10-9(14-4)7-6-8(13)11(10)15-5/h6-7,13H,1-5H3. The first-order chi connectivity index (χ1) is 6.91. The predicted octanol–water partition coefficient (Wildman–Crippen LogP) is 2.71. The van der Waals surface area contributed by atoms with E-state index in [2.05, 4.69) is 0 Å². The molecule has 0 aliphatic rings. The summed E-state index contributed by atoms with van der Waals surface area (Å²) in [4.78, 5) is 0. The summed E-state index contributed by atoms with van der Waals surface area (Å²) in [6.45, 7) is 6.15. The van der Waals surface area contributed by atoms with Crippen LogP contribution >= 0.6 is 0 Å². The average molecular weight is 210 g/mol. The Morgan fingerprint density at radius 3 is 2.07 bits per heavy atom. The lowest BCUT2D eigenvalue weighted by Crippen LogP contribution is -2.14. The number of rotatable bonds is 2. The molecule has 0 saturated heterocycles. The zero-order chi connectivity index (χ0) is 11.6. The van der Waals surface area contributed by atoms with Crippen molar-refractivity contribution in [2.45, 2.75) is 26.2 Å². The molecule has 0 fully saturated rings. The van der Waals surface area contributed by atoms with E-state index in [0.29, 0.717) is 5.75 Å². The molecule has 0 saturated carbocycles. The number of ether oxygens (including phenoxy) is 2. The number of phenols is 1. The lowest BCUT2D eigenvalue weighted by Gasteiger charge is -2.25. The number of methoxy groups -OCH3 is 2. The monoisotopic (exact) mass is 210 g/mol. The minimum Gasteiger partial charge on any atom is -0.504 e. The van der Waals surface area contributed by atoms with Crippen LogP contribution in [0.4, 0.5) is 0 Å². The van der Waals surface area contributed by atoms with E-state index in [0.717, 1.165) is 11.3 Å². The van der Waals surface area contributed by atoms with Gasteiger partial charge in [0.25, 0.3) is 0 Å². The van der Waals surface area contributed by atoms with Crippen molar-refractivity contribution < 1.29 is 14.6 Å². The molecule has 1 aromatic rings. The first-order valence-corrected chi connectivity index (χ1v) is 4.86. The Morgan fingerprint density at radius 1 is 1.07 bits per heavy atom. The second-order valence-electron chi connectivity index (χ2n) is 4.45. The highest BCUT2D eigenvalue weighted by molar-refractivity contribution is 5.56. The molecule has 0 aliphatic carbocycles. The van der Waals surface area contributed by atoms with Gasteiger partial charge in [0.1, 0.15) is 5.75 Å². The van der Waals surface area contributed by atoms with Gasteiger partial charge in [0.15, 0.2) is 11.5 Å². The summed E-state index contributed by atoms with van der Waals surface area (Å²) in [5, 5.41) is 9.69. The van der Waals surface area contributed by atoms with Crippen molar-refractivity contribution in [3.63, 3.8) is 0 Å². The number of hydrogen-bond acceptors (Lipinski definition) is 3. The summed E-state index contributed by atoms with van der Waals surface area (Å²) >= 11 is 0. The maximum absolute atomic E-state index is 9.69. The molecule has 15 heavy (non-hydrogen) atoms. The lowest BCUT2D eigenvalue weighted by atomic mass is 9.85. The van der Waals surface area contributed by atoms with Crippen molar-refractivity contribution in [1.82, 2.24) is 0 Å². The smallest absolute Gasteiger partial charge is 0.167 e. The SMILES string of the molecule is COc1ccc(O)c(OC)c1C(C)(C)C. The van der Waals surface area contributed by atoms with Crippen molar-refractivity contribution >= 4 is 0 Å². The largest absolute Gasteiger partial charge is 0.504 e. The Kier molecular flexibility index (Phi) is 3.12. The van der Waals surface area contributed by atoms with E-state index in [9.17, 15) is 5.11 Å². The summed E-state index contributed by atoms with van der Waals surface area (Å²) in [5.41, 5.74) is 0.739. The van der Waals surface area contributed by atoms with Gasteiger partial charge in [-0.1, -0.05) is 20.8 Å². The van der Waals surface area contributed by atoms with Gasteiger partial charge in [-0.05, 0) is 17.5 Å². The van der Waals surface area contributed by atoms with Gasteiger partial charge in [0, 0.05) is 5.56 Å². The van der Waals surface area contributed by atoms with E-state index < -0.39 is 0 Å². The highest BCUT2D eigenvalue weighted by Crippen LogP contribution is 2.43. The molecule has 1 N–H and O–H groups in total. The molecule has 0 radical (unpaired) electrons. The fourth-order valence-corrected chi connectivity index (χ4v) is 1.64. The minimum atomic E-state index is -0.143. The first-order valence-electron chi connectivity index (χ1n) is 4.86. The number of phenolic OH excluding ortho intramolecular Hbond substituents is 1. The van der Waals surface area contributed by atoms with Crippen molar-refractivity contribution in [3.8, 4) is 17.2 Å². The van der Waals surface area contributed by atoms with Crippen LogP contribution in [0.5, 0.6) is 17.2 Å². The zero-order valence-electron chi connectivity index (χ0n) is 9.92. The number of hydrogen-bond donors (Lipinski definition) is 1. The molecule has 0 atom stereocenters. The molecular formula is C12H18O3. The van der Waals surface area contributed by atoms with Crippen LogP contribution < -0.4 is 9.47 Å². The maximum atomic E-state index is 9.69. The molecule has 1 aromatic carbocycles. The molecule has 3 nitrogen and oxygen atoms in total. The summed E-state index contributed by atoms with van der Waals surface area (Å²) in [5.74, 6) is 1.36. The van der Waals surface area contributed by atoms with Gasteiger partial charge < -0.3 is 14.6 Å². The summed E-state index contributed by atoms with van der Waals surface area (Å²) in [6.07, 6.45) is 0. The molecule has 84 valence electrons. The van der Waals surface area contributed by atoms with Gasteiger partial charge in [-0.25, -0.2) is 0 Å². The maximum Gasteiger partial charge on any atom is 0.167 e. The Labute approximate surface area is 90.6 Å². The summed E-state index contributed by atoms with van der Waals surface area (Å²) < 4.78 is 10.5. The van der Waals surface area contributed by atoms with Gasteiger partial charge in [0.05, 0.1) is 14.2 Å². The van der Waals surface area contributed by atoms with E-state index in [1.807, 2.05) is 20.8 Å². The minimum absolute atomic E-state index is 0.142. The number of benzene rings is 1. The molecule has 0 bridgehead atoms. The van der Waals surface area contributed by atoms with E-state index in [1.54, 1.807) is 26.4 Å². The van der Waals surface area contributed by atoms with Crippen LogP contribution in [0.3, 0.4) is 0 Å². The van der Waals surface area contributed by atoms with Gasteiger partial charge in [0.2, 0.25) is 0 Å². The summed E-state index contributed by atoms with van der Waals surface area (Å²) in [7, 11) is 3.16. The molecule has 0 amide bonds. The Morgan fingerprint density at radius 2 is 1.67 bits per heavy atom. The molecule has 1 rings (SSSR count). The van der Waals surface area contributed by atoms with Crippen LogP contribution in [0.1, 0.15) is 26.3 Å². The van der Waals surface area contributed by atoms with E-state index in [-0.39, 0.29) is 11.2 Å². The highest BCUT2D eigenvalue weighted by atomic mass is 16.5. The third-order valence-corrected chi connectivity index (χ3v) is 2.27. The second kappa shape index (κ2) is 4.01. The van der Waals surface area contributed by atoms with Gasteiger partial charge >= 0.3 is 0 Å². The molecule has 0 spiro atoms. The van der Waals surface area contributed by atoms with Crippen molar-refractivity contribution in [3.05, 3.63) is 17.7 Å². The van der Waals surface area contributed by atoms with E-state index in [1.165, 1.54) is 0 Å². The van der Waals surface area contributed by atoms with Crippen LogP contribution in [-0.4, -0.2) is 19.3 Å². The van der Waals surface area contributed by atoms with Crippen LogP contribution in [-0.2, 0) is 5.41 Å². The lowest BCUT2D eigenvalue weighted by molar-refractivity contribution is 0.344. The van der Waals surface area contributed by atoms with Crippen molar-refractivity contribution in [2.24, 2.45) is 0 Å². The first kappa shape index (κ1) is 11.7. The molecular weight excluding hydrogens is 192 g/mol. The molecule has 0 aromatic heterocycles. The van der Waals surface area contributed by atoms with E-state index in [4.69, 9.17) is 9.47 Å². The van der Waals surface area contributed by atoms with Gasteiger partial charge in [-0.15, -0.1) is 0 Å². The van der Waals surface area contributed by atoms with Crippen LogP contribution in [0.15, 0.2) is 12.1 Å². The zero-order valence-corrected chi connectivity index (χ0v) is 9.92. The van der Waals surface area contributed by atoms with Gasteiger partial charge in [-0.3, -0.25) is 0 Å². The summed E-state index contributed by atoms with van der Waals surface area (Å²) in [6, 6.07) is 3.32. The highest BCUT2D eigenvalue weighted by Gasteiger charge is 2.25. The topological polar surface area (TPSA) is 38.7 Å². The van der Waals surface area contributed by atoms with E-state index >= 15 is 0 Å². The predicted molar refractivity (Wildman–Crippen MR) is 59.9 cm³/mol. The van der Waals surface area contributed by atoms with Gasteiger partial charge in [-0.2, -0.15) is 0 Å². The third kappa shape index (κ3) is 2.17. The average Bonchev–Trinajstić information content (AvgIpc) is 2.15. The second-order valence-corrected chi connectivity index (χ2v) is 4.45. The molecule has 0 heterocycles. The number of aromatic hydroxyl groups is 1. The molecule has 0 aliphatic heterocycles. The fraction of sp³-hybridized carbons (Fsp3) is 0.500. The van der Waals surface area contributed by atoms with Crippen molar-refractivity contribution in [2.75, 3.05) is 14.2 Å². The Hall–Kier alpha value is -1.38. The van der Waals surface area contributed by atoms with Crippen LogP contribution in [0, 0.1) is 0 Å².